The highest BCUT2D eigenvalue weighted by Crippen LogP contribution is 2.19. The molecule has 0 spiro atoms. The lowest BCUT2D eigenvalue weighted by Crippen LogP contribution is -2.16. The van der Waals surface area contributed by atoms with E-state index in [1.165, 1.54) is 6.92 Å². The van der Waals surface area contributed by atoms with Gasteiger partial charge in [0.1, 0.15) is 5.78 Å². The van der Waals surface area contributed by atoms with Crippen LogP contribution in [0.1, 0.15) is 13.3 Å². The summed E-state index contributed by atoms with van der Waals surface area (Å²) in [6.45, 7) is 1.39. The molecule has 18 heavy (non-hydrogen) atoms. The number of nitrogens with zero attached hydrogens (tertiary/aromatic N) is 2. The van der Waals surface area contributed by atoms with Crippen molar-refractivity contribution in [3.8, 4) is 5.69 Å². The molecular weight excluding hydrogens is 230 g/mol. The monoisotopic (exact) mass is 243 g/mol. The lowest BCUT2D eigenvalue weighted by atomic mass is 10.2. The third kappa shape index (κ3) is 2.82. The molecule has 0 aliphatic carbocycles. The zero-order valence-electron chi connectivity index (χ0n) is 9.96. The number of benzene rings is 1. The average molecular weight is 243 g/mol. The van der Waals surface area contributed by atoms with Crippen LogP contribution in [-0.2, 0) is 9.59 Å². The number of aromatic nitrogens is 2. The van der Waals surface area contributed by atoms with Gasteiger partial charge in [-0.3, -0.25) is 9.59 Å². The molecule has 1 heterocycles. The van der Waals surface area contributed by atoms with E-state index in [2.05, 4.69) is 10.3 Å². The fourth-order valence-corrected chi connectivity index (χ4v) is 1.63. The molecule has 5 heteroatoms. The molecule has 5 nitrogen and oxygen atoms in total. The van der Waals surface area contributed by atoms with Crippen molar-refractivity contribution in [1.82, 2.24) is 9.55 Å². The highest BCUT2D eigenvalue weighted by molar-refractivity contribution is 6.04. The summed E-state index contributed by atoms with van der Waals surface area (Å²) in [6.07, 6.45) is 4.98. The van der Waals surface area contributed by atoms with Crippen LogP contribution in [0.4, 0.5) is 5.69 Å². The summed E-state index contributed by atoms with van der Waals surface area (Å²) >= 11 is 0. The molecule has 92 valence electrons. The van der Waals surface area contributed by atoms with Gasteiger partial charge >= 0.3 is 0 Å². The maximum absolute atomic E-state index is 11.6. The number of Topliss-reactive ketones (excluding diaryl/α,β-unsaturated/α-hetero) is 1. The smallest absolute Gasteiger partial charge is 0.231 e. The summed E-state index contributed by atoms with van der Waals surface area (Å²) in [5.74, 6) is -0.470. The van der Waals surface area contributed by atoms with Gasteiger partial charge in [0.2, 0.25) is 5.91 Å². The van der Waals surface area contributed by atoms with Gasteiger partial charge in [0.25, 0.3) is 0 Å². The number of imidazole rings is 1. The van der Waals surface area contributed by atoms with Gasteiger partial charge in [0.05, 0.1) is 24.1 Å². The van der Waals surface area contributed by atoms with Crippen molar-refractivity contribution < 1.29 is 9.59 Å². The molecular formula is C13H13N3O2. The zero-order chi connectivity index (χ0) is 13.0. The summed E-state index contributed by atoms with van der Waals surface area (Å²) in [6, 6.07) is 7.35. The first-order valence-corrected chi connectivity index (χ1v) is 5.53. The molecule has 1 amide bonds. The second-order valence-electron chi connectivity index (χ2n) is 3.91. The van der Waals surface area contributed by atoms with Gasteiger partial charge in [0, 0.05) is 12.4 Å². The zero-order valence-corrected chi connectivity index (χ0v) is 9.96. The molecule has 0 bridgehead atoms. The van der Waals surface area contributed by atoms with E-state index in [-0.39, 0.29) is 18.1 Å². The number of para-hydroxylation sites is 2. The number of hydrogen-bond acceptors (Lipinski definition) is 3. The minimum absolute atomic E-state index is 0.113. The number of carbonyl (C=O) groups is 2. The van der Waals surface area contributed by atoms with Gasteiger partial charge in [-0.2, -0.15) is 0 Å². The summed E-state index contributed by atoms with van der Waals surface area (Å²) in [7, 11) is 0. The van der Waals surface area contributed by atoms with Crippen molar-refractivity contribution >= 4 is 17.4 Å². The number of carbonyl (C=O) groups excluding carboxylic acids is 2. The summed E-state index contributed by atoms with van der Waals surface area (Å²) in [4.78, 5) is 26.4. The number of nitrogens with one attached hydrogen (secondary N) is 1. The van der Waals surface area contributed by atoms with Gasteiger partial charge < -0.3 is 9.88 Å². The van der Waals surface area contributed by atoms with Crippen LogP contribution >= 0.6 is 0 Å². The predicted octanol–water partition coefficient (Wildman–Crippen LogP) is 1.79. The maximum Gasteiger partial charge on any atom is 0.231 e. The quantitative estimate of drug-likeness (QED) is 0.832. The van der Waals surface area contributed by atoms with Crippen LogP contribution in [0.3, 0.4) is 0 Å². The lowest BCUT2D eigenvalue weighted by Gasteiger charge is -2.10. The molecule has 0 unspecified atom stereocenters. The number of anilines is 1. The van der Waals surface area contributed by atoms with Gasteiger partial charge in [-0.1, -0.05) is 12.1 Å². The van der Waals surface area contributed by atoms with Crippen LogP contribution in [-0.4, -0.2) is 21.2 Å². The highest BCUT2D eigenvalue weighted by Gasteiger charge is 2.09. The first kappa shape index (κ1) is 12.0. The van der Waals surface area contributed by atoms with Crippen molar-refractivity contribution in [3.05, 3.63) is 43.0 Å². The van der Waals surface area contributed by atoms with E-state index in [4.69, 9.17) is 0 Å². The minimum atomic E-state index is -0.310. The Morgan fingerprint density at radius 2 is 2.11 bits per heavy atom. The van der Waals surface area contributed by atoms with E-state index >= 15 is 0 Å². The Kier molecular flexibility index (Phi) is 3.52. The molecule has 0 fully saturated rings. The molecule has 1 N–H and O–H groups in total. The van der Waals surface area contributed by atoms with Crippen molar-refractivity contribution in [1.29, 1.82) is 0 Å². The van der Waals surface area contributed by atoms with Gasteiger partial charge in [-0.05, 0) is 19.1 Å². The fourth-order valence-electron chi connectivity index (χ4n) is 1.63. The number of amides is 1. The molecule has 2 rings (SSSR count). The Labute approximate surface area is 104 Å². The molecule has 0 saturated heterocycles. The second kappa shape index (κ2) is 5.27. The standard InChI is InChI=1S/C13H13N3O2/c1-10(17)8-13(18)15-11-4-2-3-5-12(11)16-7-6-14-9-16/h2-7,9H,8H2,1H3,(H,15,18). The fraction of sp³-hybridized carbons (Fsp3) is 0.154. The topological polar surface area (TPSA) is 64.0 Å². The summed E-state index contributed by atoms with van der Waals surface area (Å²) in [5.41, 5.74) is 1.47. The molecule has 2 aromatic rings. The van der Waals surface area contributed by atoms with E-state index < -0.39 is 0 Å². The lowest BCUT2D eigenvalue weighted by molar-refractivity contribution is -0.124. The van der Waals surface area contributed by atoms with Gasteiger partial charge in [0.15, 0.2) is 0 Å². The second-order valence-corrected chi connectivity index (χ2v) is 3.91. The van der Waals surface area contributed by atoms with Crippen LogP contribution in [0.25, 0.3) is 5.69 Å². The molecule has 0 radical (unpaired) electrons. The Morgan fingerprint density at radius 1 is 1.33 bits per heavy atom. The molecule has 0 saturated carbocycles. The van der Waals surface area contributed by atoms with Crippen molar-refractivity contribution in [2.24, 2.45) is 0 Å². The van der Waals surface area contributed by atoms with E-state index in [0.29, 0.717) is 5.69 Å². The van der Waals surface area contributed by atoms with Crippen molar-refractivity contribution in [2.45, 2.75) is 13.3 Å². The third-order valence-corrected chi connectivity index (χ3v) is 2.37. The Bertz CT molecular complexity index is 561. The molecule has 0 atom stereocenters. The third-order valence-electron chi connectivity index (χ3n) is 2.37. The van der Waals surface area contributed by atoms with Crippen LogP contribution in [0, 0.1) is 0 Å². The predicted molar refractivity (Wildman–Crippen MR) is 67.5 cm³/mol. The largest absolute Gasteiger partial charge is 0.324 e. The van der Waals surface area contributed by atoms with Crippen molar-refractivity contribution in [3.63, 3.8) is 0 Å². The number of hydrogen-bond donors (Lipinski definition) is 1. The van der Waals surface area contributed by atoms with Crippen LogP contribution in [0.2, 0.25) is 0 Å². The number of rotatable bonds is 4. The Balaban J connectivity index is 2.23. The normalized spacial score (nSPS) is 10.1. The van der Waals surface area contributed by atoms with Gasteiger partial charge in [-0.15, -0.1) is 0 Å². The van der Waals surface area contributed by atoms with E-state index in [1.807, 2.05) is 18.2 Å². The minimum Gasteiger partial charge on any atom is -0.324 e. The van der Waals surface area contributed by atoms with Crippen LogP contribution in [0.5, 0.6) is 0 Å². The molecule has 1 aromatic carbocycles. The van der Waals surface area contributed by atoms with Crippen LogP contribution < -0.4 is 5.32 Å². The first-order chi connectivity index (χ1) is 8.66. The Morgan fingerprint density at radius 3 is 2.78 bits per heavy atom. The number of ketones is 1. The summed E-state index contributed by atoms with van der Waals surface area (Å²) in [5, 5.41) is 2.72. The van der Waals surface area contributed by atoms with Gasteiger partial charge in [-0.25, -0.2) is 4.98 Å². The Hall–Kier alpha value is -2.43. The van der Waals surface area contributed by atoms with Crippen LogP contribution in [0.15, 0.2) is 43.0 Å². The molecule has 0 aliphatic heterocycles. The first-order valence-electron chi connectivity index (χ1n) is 5.53. The molecule has 0 aliphatic rings. The average Bonchev–Trinajstić information content (AvgIpc) is 2.81. The SMILES string of the molecule is CC(=O)CC(=O)Nc1ccccc1-n1ccnc1. The van der Waals surface area contributed by atoms with E-state index in [0.717, 1.165) is 5.69 Å². The van der Waals surface area contributed by atoms with E-state index in [1.54, 1.807) is 29.4 Å². The maximum atomic E-state index is 11.6. The molecule has 1 aromatic heterocycles. The van der Waals surface area contributed by atoms with Crippen molar-refractivity contribution in [2.75, 3.05) is 5.32 Å². The summed E-state index contributed by atoms with van der Waals surface area (Å²) < 4.78 is 1.80. The van der Waals surface area contributed by atoms with E-state index in [9.17, 15) is 9.59 Å². The highest BCUT2D eigenvalue weighted by atomic mass is 16.2.